The first kappa shape index (κ1) is 19.1. The van der Waals surface area contributed by atoms with Crippen LogP contribution in [-0.2, 0) is 4.74 Å². The molecular formula is C19H28N2O4. The molecule has 1 aromatic carbocycles. The van der Waals surface area contributed by atoms with Crippen molar-refractivity contribution >= 4 is 17.9 Å². The van der Waals surface area contributed by atoms with Crippen LogP contribution in [0.5, 0.6) is 5.75 Å². The van der Waals surface area contributed by atoms with Crippen molar-refractivity contribution < 1.29 is 19.1 Å². The first-order chi connectivity index (χ1) is 12.2. The lowest BCUT2D eigenvalue weighted by Gasteiger charge is -2.21. The van der Waals surface area contributed by atoms with Crippen molar-refractivity contribution in [2.24, 2.45) is 5.92 Å². The number of ether oxygens (including phenoxy) is 2. The van der Waals surface area contributed by atoms with Crippen molar-refractivity contribution in [3.05, 3.63) is 24.3 Å². The third-order valence-electron chi connectivity index (χ3n) is 4.35. The zero-order chi connectivity index (χ0) is 17.9. The lowest BCUT2D eigenvalue weighted by atomic mass is 9.86. The molecule has 2 N–H and O–H groups in total. The van der Waals surface area contributed by atoms with E-state index in [0.717, 1.165) is 12.3 Å². The van der Waals surface area contributed by atoms with Gasteiger partial charge in [0.1, 0.15) is 5.75 Å². The van der Waals surface area contributed by atoms with Gasteiger partial charge in [-0.2, -0.15) is 0 Å². The van der Waals surface area contributed by atoms with Crippen LogP contribution < -0.4 is 15.4 Å². The standard InChI is InChI=1S/C19H28N2O4/c1-2-24-19(23)21-16-11-6-12-17(14-16)25-18(22)20-13-7-10-15-8-4-3-5-9-15/h6,11-12,14-15H,2-5,7-10,13H2,1H3,(H,20,22)(H,21,23). The predicted molar refractivity (Wildman–Crippen MR) is 96.9 cm³/mol. The Labute approximate surface area is 149 Å². The highest BCUT2D eigenvalue weighted by Gasteiger charge is 2.13. The van der Waals surface area contributed by atoms with Gasteiger partial charge in [0.05, 0.1) is 6.61 Å². The van der Waals surface area contributed by atoms with Crippen LogP contribution >= 0.6 is 0 Å². The van der Waals surface area contributed by atoms with Crippen molar-refractivity contribution in [1.82, 2.24) is 5.32 Å². The number of rotatable bonds is 7. The Morgan fingerprint density at radius 2 is 1.96 bits per heavy atom. The third kappa shape index (κ3) is 7.45. The topological polar surface area (TPSA) is 76.7 Å². The molecule has 2 rings (SSSR count). The summed E-state index contributed by atoms with van der Waals surface area (Å²) in [5, 5.41) is 5.35. The highest BCUT2D eigenvalue weighted by molar-refractivity contribution is 5.85. The van der Waals surface area contributed by atoms with Crippen molar-refractivity contribution in [3.8, 4) is 5.75 Å². The van der Waals surface area contributed by atoms with Crippen LogP contribution in [0.1, 0.15) is 51.9 Å². The summed E-state index contributed by atoms with van der Waals surface area (Å²) in [5.74, 6) is 1.19. The lowest BCUT2D eigenvalue weighted by molar-refractivity contribution is 0.168. The van der Waals surface area contributed by atoms with Gasteiger partial charge in [-0.1, -0.05) is 38.2 Å². The molecule has 0 unspecified atom stereocenters. The molecule has 1 aliphatic carbocycles. The molecule has 0 radical (unpaired) electrons. The summed E-state index contributed by atoms with van der Waals surface area (Å²) in [6, 6.07) is 6.65. The zero-order valence-electron chi connectivity index (χ0n) is 14.9. The molecule has 0 spiro atoms. The lowest BCUT2D eigenvalue weighted by Crippen LogP contribution is -2.28. The molecule has 1 fully saturated rings. The summed E-state index contributed by atoms with van der Waals surface area (Å²) in [5.41, 5.74) is 0.515. The van der Waals surface area contributed by atoms with E-state index in [1.807, 2.05) is 0 Å². The van der Waals surface area contributed by atoms with Gasteiger partial charge in [0.15, 0.2) is 0 Å². The largest absolute Gasteiger partial charge is 0.450 e. The number of carbonyl (C=O) groups is 2. The highest BCUT2D eigenvalue weighted by atomic mass is 16.6. The number of hydrogen-bond acceptors (Lipinski definition) is 4. The fourth-order valence-electron chi connectivity index (χ4n) is 3.12. The van der Waals surface area contributed by atoms with Crippen LogP contribution in [0.4, 0.5) is 15.3 Å². The number of carbonyl (C=O) groups excluding carboxylic acids is 2. The smallest absolute Gasteiger partial charge is 0.412 e. The SMILES string of the molecule is CCOC(=O)Nc1cccc(OC(=O)NCCCC2CCCCC2)c1. The molecule has 6 nitrogen and oxygen atoms in total. The van der Waals surface area contributed by atoms with Crippen LogP contribution in [0, 0.1) is 5.92 Å². The van der Waals surface area contributed by atoms with E-state index in [1.54, 1.807) is 31.2 Å². The fraction of sp³-hybridized carbons (Fsp3) is 0.579. The molecule has 138 valence electrons. The van der Waals surface area contributed by atoms with Crippen LogP contribution in [0.25, 0.3) is 0 Å². The van der Waals surface area contributed by atoms with Crippen molar-refractivity contribution in [3.63, 3.8) is 0 Å². The zero-order valence-corrected chi connectivity index (χ0v) is 14.9. The predicted octanol–water partition coefficient (Wildman–Crippen LogP) is 4.70. The normalized spacial score (nSPS) is 14.6. The maximum atomic E-state index is 11.9. The quantitative estimate of drug-likeness (QED) is 0.700. The Hall–Kier alpha value is -2.24. The Morgan fingerprint density at radius 3 is 2.72 bits per heavy atom. The third-order valence-corrected chi connectivity index (χ3v) is 4.35. The van der Waals surface area contributed by atoms with Crippen LogP contribution in [0.3, 0.4) is 0 Å². The van der Waals surface area contributed by atoms with Crippen LogP contribution in [-0.4, -0.2) is 25.3 Å². The van der Waals surface area contributed by atoms with Crippen molar-refractivity contribution in [2.75, 3.05) is 18.5 Å². The number of benzene rings is 1. The number of amides is 2. The Balaban J connectivity index is 1.68. The maximum Gasteiger partial charge on any atom is 0.412 e. The summed E-state index contributed by atoms with van der Waals surface area (Å²) >= 11 is 0. The first-order valence-corrected chi connectivity index (χ1v) is 9.17. The molecule has 6 heteroatoms. The summed E-state index contributed by atoms with van der Waals surface area (Å²) in [7, 11) is 0. The van der Waals surface area contributed by atoms with E-state index in [-0.39, 0.29) is 0 Å². The summed E-state index contributed by atoms with van der Waals surface area (Å²) < 4.78 is 10.1. The minimum atomic E-state index is -0.535. The van der Waals surface area contributed by atoms with Gasteiger partial charge in [-0.15, -0.1) is 0 Å². The van der Waals surface area contributed by atoms with Gasteiger partial charge in [-0.3, -0.25) is 5.32 Å². The summed E-state index contributed by atoms with van der Waals surface area (Å²) in [6.07, 6.45) is 7.83. The molecule has 0 bridgehead atoms. The molecule has 0 aliphatic heterocycles. The highest BCUT2D eigenvalue weighted by Crippen LogP contribution is 2.27. The van der Waals surface area contributed by atoms with Gasteiger partial charge < -0.3 is 14.8 Å². The van der Waals surface area contributed by atoms with E-state index < -0.39 is 12.2 Å². The van der Waals surface area contributed by atoms with Gasteiger partial charge in [-0.25, -0.2) is 9.59 Å². The van der Waals surface area contributed by atoms with E-state index in [1.165, 1.54) is 38.5 Å². The summed E-state index contributed by atoms with van der Waals surface area (Å²) in [4.78, 5) is 23.3. The van der Waals surface area contributed by atoms with Gasteiger partial charge in [0.2, 0.25) is 0 Å². The monoisotopic (exact) mass is 348 g/mol. The minimum absolute atomic E-state index is 0.297. The van der Waals surface area contributed by atoms with Crippen LogP contribution in [0.15, 0.2) is 24.3 Å². The van der Waals surface area contributed by atoms with E-state index in [2.05, 4.69) is 10.6 Å². The second kappa shape index (κ2) is 10.6. The molecule has 1 aliphatic rings. The summed E-state index contributed by atoms with van der Waals surface area (Å²) in [6.45, 7) is 2.65. The van der Waals surface area contributed by atoms with Crippen molar-refractivity contribution in [1.29, 1.82) is 0 Å². The van der Waals surface area contributed by atoms with Gasteiger partial charge in [-0.05, 0) is 37.8 Å². The average molecular weight is 348 g/mol. The van der Waals surface area contributed by atoms with E-state index in [4.69, 9.17) is 9.47 Å². The van der Waals surface area contributed by atoms with E-state index in [9.17, 15) is 9.59 Å². The van der Waals surface area contributed by atoms with E-state index >= 15 is 0 Å². The fourth-order valence-corrected chi connectivity index (χ4v) is 3.12. The number of nitrogens with one attached hydrogen (secondary N) is 2. The van der Waals surface area contributed by atoms with Crippen LogP contribution in [0.2, 0.25) is 0 Å². The maximum absolute atomic E-state index is 11.9. The van der Waals surface area contributed by atoms with Crippen molar-refractivity contribution in [2.45, 2.75) is 51.9 Å². The number of hydrogen-bond donors (Lipinski definition) is 2. The van der Waals surface area contributed by atoms with Gasteiger partial charge >= 0.3 is 12.2 Å². The molecule has 0 atom stereocenters. The molecule has 2 amide bonds. The minimum Gasteiger partial charge on any atom is -0.450 e. The Kier molecular flexibility index (Phi) is 8.09. The van der Waals surface area contributed by atoms with Gasteiger partial charge in [0, 0.05) is 18.3 Å². The Morgan fingerprint density at radius 1 is 1.16 bits per heavy atom. The molecule has 0 aromatic heterocycles. The second-order valence-corrected chi connectivity index (χ2v) is 6.34. The van der Waals surface area contributed by atoms with Gasteiger partial charge in [0.25, 0.3) is 0 Å². The molecule has 0 heterocycles. The Bertz CT molecular complexity index is 556. The molecule has 25 heavy (non-hydrogen) atoms. The average Bonchev–Trinajstić information content (AvgIpc) is 2.60. The second-order valence-electron chi connectivity index (χ2n) is 6.34. The molecule has 1 aromatic rings. The first-order valence-electron chi connectivity index (χ1n) is 9.17. The molecule has 0 saturated heterocycles. The molecular weight excluding hydrogens is 320 g/mol. The van der Waals surface area contributed by atoms with E-state index in [0.29, 0.717) is 24.6 Å². The number of anilines is 1. The molecule has 1 saturated carbocycles.